The van der Waals surface area contributed by atoms with E-state index < -0.39 is 5.60 Å². The number of esters is 1. The van der Waals surface area contributed by atoms with Crippen LogP contribution in [-0.2, 0) is 20.9 Å². The number of carbonyl (C=O) groups excluding carboxylic acids is 2. The van der Waals surface area contributed by atoms with Crippen LogP contribution in [-0.4, -0.2) is 42.0 Å². The number of benzene rings is 1. The molecule has 1 amide bonds. The molecule has 1 heterocycles. The average Bonchev–Trinajstić information content (AvgIpc) is 2.58. The van der Waals surface area contributed by atoms with E-state index in [4.69, 9.17) is 4.74 Å². The van der Waals surface area contributed by atoms with E-state index in [0.29, 0.717) is 19.5 Å². The maximum absolute atomic E-state index is 12.3. The zero-order valence-electron chi connectivity index (χ0n) is 15.6. The minimum atomic E-state index is -0.430. The summed E-state index contributed by atoms with van der Waals surface area (Å²) in [5.41, 5.74) is 0.687. The first-order valence-corrected chi connectivity index (χ1v) is 9.09. The molecule has 0 spiro atoms. The molecular formula is C20H30N2O3. The first kappa shape index (κ1) is 19.4. The van der Waals surface area contributed by atoms with Crippen LogP contribution in [0.2, 0.25) is 0 Å². The molecule has 5 nitrogen and oxygen atoms in total. The number of piperidine rings is 1. The van der Waals surface area contributed by atoms with Crippen LogP contribution < -0.4 is 5.32 Å². The molecular weight excluding hydrogens is 316 g/mol. The molecule has 1 aromatic carbocycles. The Kier molecular flexibility index (Phi) is 7.00. The Morgan fingerprint density at radius 2 is 1.80 bits per heavy atom. The first-order chi connectivity index (χ1) is 11.8. The van der Waals surface area contributed by atoms with Crippen LogP contribution in [0.4, 0.5) is 0 Å². The van der Waals surface area contributed by atoms with Crippen molar-refractivity contribution < 1.29 is 14.3 Å². The van der Waals surface area contributed by atoms with E-state index in [0.717, 1.165) is 31.5 Å². The highest BCUT2D eigenvalue weighted by Gasteiger charge is 2.25. The maximum Gasteiger partial charge on any atom is 0.307 e. The Hall–Kier alpha value is -1.88. The van der Waals surface area contributed by atoms with Crippen LogP contribution in [0.5, 0.6) is 0 Å². The van der Waals surface area contributed by atoms with Crippen molar-refractivity contribution in [1.29, 1.82) is 0 Å². The van der Waals surface area contributed by atoms with Crippen LogP contribution in [0.1, 0.15) is 45.6 Å². The van der Waals surface area contributed by atoms with Crippen molar-refractivity contribution >= 4 is 11.9 Å². The third-order valence-corrected chi connectivity index (χ3v) is 4.32. The van der Waals surface area contributed by atoms with Crippen molar-refractivity contribution in [3.63, 3.8) is 0 Å². The molecule has 1 fully saturated rings. The number of likely N-dealkylation sites (tertiary alicyclic amines) is 1. The van der Waals surface area contributed by atoms with Gasteiger partial charge in [-0.3, -0.25) is 9.59 Å². The van der Waals surface area contributed by atoms with Gasteiger partial charge < -0.3 is 15.0 Å². The minimum absolute atomic E-state index is 0.0708. The van der Waals surface area contributed by atoms with Gasteiger partial charge in [0.2, 0.25) is 5.91 Å². The van der Waals surface area contributed by atoms with Crippen molar-refractivity contribution in [3.05, 3.63) is 35.9 Å². The molecule has 0 saturated carbocycles. The standard InChI is InChI=1S/C20H30N2O3/c1-20(2,3)25-18(23)11-14-22-12-9-17(10-13-22)19(24)21-15-16-7-5-4-6-8-16/h4-8,17H,9-15H2,1-3H3,(H,21,24). The predicted molar refractivity (Wildman–Crippen MR) is 97.9 cm³/mol. The number of hydrogen-bond donors (Lipinski definition) is 1. The fourth-order valence-electron chi connectivity index (χ4n) is 2.99. The van der Waals surface area contributed by atoms with E-state index in [9.17, 15) is 9.59 Å². The fourth-order valence-corrected chi connectivity index (χ4v) is 2.99. The predicted octanol–water partition coefficient (Wildman–Crippen LogP) is 2.75. The largest absolute Gasteiger partial charge is 0.460 e. The second kappa shape index (κ2) is 8.99. The van der Waals surface area contributed by atoms with Crippen molar-refractivity contribution in [2.45, 2.75) is 52.2 Å². The SMILES string of the molecule is CC(C)(C)OC(=O)CCN1CCC(C(=O)NCc2ccccc2)CC1. The highest BCUT2D eigenvalue weighted by molar-refractivity contribution is 5.78. The second-order valence-electron chi connectivity index (χ2n) is 7.66. The summed E-state index contributed by atoms with van der Waals surface area (Å²) in [6.07, 6.45) is 2.09. The second-order valence-corrected chi connectivity index (χ2v) is 7.66. The molecule has 1 aliphatic heterocycles. The van der Waals surface area contributed by atoms with Gasteiger partial charge in [0.25, 0.3) is 0 Å². The lowest BCUT2D eigenvalue weighted by atomic mass is 9.95. The lowest BCUT2D eigenvalue weighted by Crippen LogP contribution is -2.41. The van der Waals surface area contributed by atoms with Crippen molar-refractivity contribution in [2.75, 3.05) is 19.6 Å². The summed E-state index contributed by atoms with van der Waals surface area (Å²) in [5.74, 6) is 0.0485. The molecule has 1 N–H and O–H groups in total. The molecule has 1 saturated heterocycles. The highest BCUT2D eigenvalue weighted by atomic mass is 16.6. The lowest BCUT2D eigenvalue weighted by molar-refractivity contribution is -0.155. The zero-order valence-corrected chi connectivity index (χ0v) is 15.6. The molecule has 138 valence electrons. The maximum atomic E-state index is 12.3. The number of carbonyl (C=O) groups is 2. The van der Waals surface area contributed by atoms with Gasteiger partial charge in [-0.05, 0) is 52.3 Å². The molecule has 25 heavy (non-hydrogen) atoms. The number of amides is 1. The van der Waals surface area contributed by atoms with Gasteiger partial charge in [-0.1, -0.05) is 30.3 Å². The van der Waals surface area contributed by atoms with Gasteiger partial charge in [0, 0.05) is 19.0 Å². The fraction of sp³-hybridized carbons (Fsp3) is 0.600. The Morgan fingerprint density at radius 3 is 2.40 bits per heavy atom. The van der Waals surface area contributed by atoms with Crippen LogP contribution >= 0.6 is 0 Å². The molecule has 0 radical (unpaired) electrons. The molecule has 1 aliphatic rings. The highest BCUT2D eigenvalue weighted by Crippen LogP contribution is 2.18. The van der Waals surface area contributed by atoms with Gasteiger partial charge in [0.15, 0.2) is 0 Å². The summed E-state index contributed by atoms with van der Waals surface area (Å²) in [5, 5.41) is 3.03. The summed E-state index contributed by atoms with van der Waals surface area (Å²) in [4.78, 5) is 26.3. The number of nitrogens with zero attached hydrogens (tertiary/aromatic N) is 1. The number of ether oxygens (including phenoxy) is 1. The van der Waals surface area contributed by atoms with Gasteiger partial charge in [0.05, 0.1) is 6.42 Å². The molecule has 0 aromatic heterocycles. The van der Waals surface area contributed by atoms with Crippen LogP contribution in [0, 0.1) is 5.92 Å². The van der Waals surface area contributed by atoms with E-state index >= 15 is 0 Å². The van der Waals surface area contributed by atoms with Gasteiger partial charge in [-0.2, -0.15) is 0 Å². The van der Waals surface area contributed by atoms with Gasteiger partial charge >= 0.3 is 5.97 Å². The normalized spacial score (nSPS) is 16.4. The number of rotatable bonds is 6. The van der Waals surface area contributed by atoms with Gasteiger partial charge in [-0.25, -0.2) is 0 Å². The molecule has 0 atom stereocenters. The van der Waals surface area contributed by atoms with Gasteiger partial charge in [-0.15, -0.1) is 0 Å². The van der Waals surface area contributed by atoms with Crippen molar-refractivity contribution in [3.8, 4) is 0 Å². The van der Waals surface area contributed by atoms with Crippen LogP contribution in [0.3, 0.4) is 0 Å². The summed E-state index contributed by atoms with van der Waals surface area (Å²) >= 11 is 0. The Balaban J connectivity index is 1.65. The Labute approximate surface area is 150 Å². The van der Waals surface area contributed by atoms with Crippen molar-refractivity contribution in [1.82, 2.24) is 10.2 Å². The van der Waals surface area contributed by atoms with Crippen LogP contribution in [0.15, 0.2) is 30.3 Å². The lowest BCUT2D eigenvalue weighted by Gasteiger charge is -2.31. The average molecular weight is 346 g/mol. The van der Waals surface area contributed by atoms with Crippen molar-refractivity contribution in [2.24, 2.45) is 5.92 Å². The molecule has 1 aromatic rings. The van der Waals surface area contributed by atoms with E-state index in [1.54, 1.807) is 0 Å². The smallest absolute Gasteiger partial charge is 0.307 e. The minimum Gasteiger partial charge on any atom is -0.460 e. The third kappa shape index (κ3) is 7.26. The summed E-state index contributed by atoms with van der Waals surface area (Å²) < 4.78 is 5.33. The quantitative estimate of drug-likeness (QED) is 0.805. The Bertz CT molecular complexity index is 558. The topological polar surface area (TPSA) is 58.6 Å². The Morgan fingerprint density at radius 1 is 1.16 bits per heavy atom. The molecule has 0 bridgehead atoms. The summed E-state index contributed by atoms with van der Waals surface area (Å²) in [6, 6.07) is 9.95. The van der Waals surface area contributed by atoms with Crippen LogP contribution in [0.25, 0.3) is 0 Å². The van der Waals surface area contributed by atoms with E-state index in [2.05, 4.69) is 10.2 Å². The third-order valence-electron chi connectivity index (χ3n) is 4.32. The molecule has 2 rings (SSSR count). The zero-order chi connectivity index (χ0) is 18.3. The van der Waals surface area contributed by atoms with E-state index in [1.165, 1.54) is 0 Å². The van der Waals surface area contributed by atoms with Gasteiger partial charge in [0.1, 0.15) is 5.60 Å². The monoisotopic (exact) mass is 346 g/mol. The van der Waals surface area contributed by atoms with E-state index in [1.807, 2.05) is 51.1 Å². The summed E-state index contributed by atoms with van der Waals surface area (Å²) in [7, 11) is 0. The molecule has 0 aliphatic carbocycles. The first-order valence-electron chi connectivity index (χ1n) is 9.09. The number of nitrogens with one attached hydrogen (secondary N) is 1. The summed E-state index contributed by atoms with van der Waals surface area (Å²) in [6.45, 7) is 8.63. The van der Waals surface area contributed by atoms with E-state index in [-0.39, 0.29) is 17.8 Å². The molecule has 5 heteroatoms. The molecule has 0 unspecified atom stereocenters. The number of hydrogen-bond acceptors (Lipinski definition) is 4.